The van der Waals surface area contributed by atoms with E-state index in [1.54, 1.807) is 11.5 Å². The molecule has 1 fully saturated rings. The Balaban J connectivity index is 1.87. The number of anilines is 1. The number of alkyl halides is 3. The van der Waals surface area contributed by atoms with Gasteiger partial charge in [-0.2, -0.15) is 18.2 Å². The van der Waals surface area contributed by atoms with Gasteiger partial charge in [0.15, 0.2) is 16.3 Å². The molecule has 3 rings (SSSR count). The van der Waals surface area contributed by atoms with Crippen LogP contribution in [0.3, 0.4) is 0 Å². The summed E-state index contributed by atoms with van der Waals surface area (Å²) < 4.78 is 43.5. The van der Waals surface area contributed by atoms with Crippen molar-refractivity contribution in [2.45, 2.75) is 30.8 Å². The molecule has 0 unspecified atom stereocenters. The van der Waals surface area contributed by atoms with E-state index in [4.69, 9.17) is 5.73 Å². The first kappa shape index (κ1) is 25.5. The van der Waals surface area contributed by atoms with E-state index in [1.807, 2.05) is 4.90 Å². The van der Waals surface area contributed by atoms with Gasteiger partial charge in [0.05, 0.1) is 6.54 Å². The van der Waals surface area contributed by atoms with Gasteiger partial charge in [0, 0.05) is 39.0 Å². The Morgan fingerprint density at radius 3 is 2.59 bits per heavy atom. The van der Waals surface area contributed by atoms with Crippen LogP contribution in [0, 0.1) is 11.8 Å². The summed E-state index contributed by atoms with van der Waals surface area (Å²) in [5.74, 6) is 1.81. The number of ether oxygens (including phenoxy) is 1. The molecule has 3 N–H and O–H groups in total. The molecule has 0 amide bonds. The molecule has 1 aliphatic heterocycles. The van der Waals surface area contributed by atoms with Crippen molar-refractivity contribution in [2.24, 2.45) is 12.8 Å². The highest BCUT2D eigenvalue weighted by molar-refractivity contribution is 7.99. The van der Waals surface area contributed by atoms with E-state index < -0.39 is 29.7 Å². The number of nitrogens with zero attached hydrogens (tertiary/aromatic N) is 5. The Bertz CT molecular complexity index is 1210. The number of carbonyl (C=O) groups is 2. The number of piperazine rings is 1. The molecule has 0 saturated carbocycles. The number of esters is 2. The molecule has 3 heterocycles. The second-order valence-electron chi connectivity index (χ2n) is 7.22. The standard InChI is InChI=1S/C19H22F3N7O4S/c1-3-4-7-29-12-13(25-17(29)28-8-5-24-6-9-28)26-18(27(2)14(12)30)34-10-11(23)15(31)33-16(32)19(20,21)22/h11,24H,5-10,23H2,1-2H3/t11-/m0/s1. The maximum atomic E-state index is 13.1. The Morgan fingerprint density at radius 2 is 1.97 bits per heavy atom. The zero-order chi connectivity index (χ0) is 25.0. The fourth-order valence-electron chi connectivity index (χ4n) is 3.13. The van der Waals surface area contributed by atoms with E-state index in [0.29, 0.717) is 19.0 Å². The molecular weight excluding hydrogens is 479 g/mol. The quantitative estimate of drug-likeness (QED) is 0.177. The number of hydrogen-bond acceptors (Lipinski definition) is 10. The van der Waals surface area contributed by atoms with E-state index in [1.165, 1.54) is 11.6 Å². The number of thioether (sulfide) groups is 1. The smallest absolute Gasteiger partial charge is 0.385 e. The van der Waals surface area contributed by atoms with Crippen molar-refractivity contribution < 1.29 is 27.5 Å². The van der Waals surface area contributed by atoms with Crippen LogP contribution in [0.1, 0.15) is 6.92 Å². The van der Waals surface area contributed by atoms with Gasteiger partial charge in [-0.05, 0) is 6.92 Å². The molecule has 0 bridgehead atoms. The van der Waals surface area contributed by atoms with Gasteiger partial charge < -0.3 is 20.7 Å². The molecule has 0 spiro atoms. The Kier molecular flexibility index (Phi) is 7.85. The summed E-state index contributed by atoms with van der Waals surface area (Å²) in [4.78, 5) is 46.6. The lowest BCUT2D eigenvalue weighted by Crippen LogP contribution is -2.44. The molecule has 0 aliphatic carbocycles. The van der Waals surface area contributed by atoms with Crippen LogP contribution in [0.15, 0.2) is 9.95 Å². The predicted molar refractivity (Wildman–Crippen MR) is 117 cm³/mol. The average Bonchev–Trinajstić information content (AvgIpc) is 3.17. The minimum absolute atomic E-state index is 0.140. The lowest BCUT2D eigenvalue weighted by molar-refractivity contribution is -0.202. The van der Waals surface area contributed by atoms with Crippen molar-refractivity contribution in [3.8, 4) is 11.8 Å². The molecule has 1 atom stereocenters. The van der Waals surface area contributed by atoms with Crippen LogP contribution < -0.4 is 21.5 Å². The van der Waals surface area contributed by atoms with E-state index in [9.17, 15) is 27.6 Å². The first-order valence-electron chi connectivity index (χ1n) is 10.1. The van der Waals surface area contributed by atoms with Crippen molar-refractivity contribution >= 4 is 40.8 Å². The molecule has 2 aromatic rings. The van der Waals surface area contributed by atoms with Crippen molar-refractivity contribution in [1.82, 2.24) is 24.4 Å². The van der Waals surface area contributed by atoms with Gasteiger partial charge in [0.25, 0.3) is 5.56 Å². The number of nitrogens with one attached hydrogen (secondary N) is 1. The lowest BCUT2D eigenvalue weighted by atomic mass is 10.4. The zero-order valence-electron chi connectivity index (χ0n) is 18.3. The van der Waals surface area contributed by atoms with Gasteiger partial charge in [0.2, 0.25) is 5.95 Å². The van der Waals surface area contributed by atoms with Gasteiger partial charge in [0.1, 0.15) is 6.04 Å². The summed E-state index contributed by atoms with van der Waals surface area (Å²) in [5, 5.41) is 3.38. The first-order chi connectivity index (χ1) is 16.0. The minimum Gasteiger partial charge on any atom is -0.385 e. The number of hydrogen-bond donors (Lipinski definition) is 2. The maximum absolute atomic E-state index is 13.1. The topological polar surface area (TPSA) is 137 Å². The van der Waals surface area contributed by atoms with E-state index in [-0.39, 0.29) is 28.6 Å². The molecule has 2 aromatic heterocycles. The van der Waals surface area contributed by atoms with Crippen molar-refractivity contribution in [2.75, 3.05) is 36.8 Å². The minimum atomic E-state index is -5.32. The van der Waals surface area contributed by atoms with Crippen LogP contribution in [-0.4, -0.2) is 75.2 Å². The van der Waals surface area contributed by atoms with Crippen molar-refractivity contribution in [3.05, 3.63) is 10.4 Å². The summed E-state index contributed by atoms with van der Waals surface area (Å²) in [6, 6.07) is -1.56. The Morgan fingerprint density at radius 1 is 1.29 bits per heavy atom. The molecule has 184 valence electrons. The highest BCUT2D eigenvalue weighted by atomic mass is 32.2. The van der Waals surface area contributed by atoms with Crippen LogP contribution in [0.2, 0.25) is 0 Å². The van der Waals surface area contributed by atoms with Gasteiger partial charge in [-0.15, -0.1) is 5.92 Å². The fraction of sp³-hybridized carbons (Fsp3) is 0.526. The molecular formula is C19H22F3N7O4S. The SMILES string of the molecule is CC#CCn1c(N2CCNCC2)nc2nc(SC[C@H](N)C(=O)OC(=O)C(F)(F)F)n(C)c(=O)c21. The van der Waals surface area contributed by atoms with Crippen LogP contribution in [-0.2, 0) is 27.9 Å². The number of aromatic nitrogens is 4. The van der Waals surface area contributed by atoms with E-state index >= 15 is 0 Å². The van der Waals surface area contributed by atoms with Crippen LogP contribution in [0.25, 0.3) is 11.2 Å². The third-order valence-corrected chi connectivity index (χ3v) is 6.01. The Hall–Kier alpha value is -3.09. The lowest BCUT2D eigenvalue weighted by Gasteiger charge is -2.28. The molecule has 15 heteroatoms. The van der Waals surface area contributed by atoms with E-state index in [0.717, 1.165) is 24.9 Å². The first-order valence-corrected chi connectivity index (χ1v) is 11.1. The highest BCUT2D eigenvalue weighted by Crippen LogP contribution is 2.23. The van der Waals surface area contributed by atoms with Crippen molar-refractivity contribution in [3.63, 3.8) is 0 Å². The second-order valence-corrected chi connectivity index (χ2v) is 8.20. The molecule has 1 saturated heterocycles. The number of carbonyl (C=O) groups excluding carboxylic acids is 2. The largest absolute Gasteiger partial charge is 0.491 e. The summed E-state index contributed by atoms with van der Waals surface area (Å²) in [6.07, 6.45) is -5.32. The molecule has 1 aliphatic rings. The number of rotatable bonds is 6. The number of halogens is 3. The number of nitrogens with two attached hydrogens (primary N) is 1. The normalized spacial score (nSPS) is 15.1. The van der Waals surface area contributed by atoms with Gasteiger partial charge in [-0.25, -0.2) is 14.6 Å². The molecule has 0 aromatic carbocycles. The number of fused-ring (bicyclic) bond motifs is 1. The summed E-state index contributed by atoms with van der Waals surface area (Å²) in [5.41, 5.74) is 5.57. The molecule has 34 heavy (non-hydrogen) atoms. The van der Waals surface area contributed by atoms with Crippen LogP contribution >= 0.6 is 11.8 Å². The van der Waals surface area contributed by atoms with Crippen molar-refractivity contribution in [1.29, 1.82) is 0 Å². The average molecular weight is 501 g/mol. The third kappa shape index (κ3) is 5.51. The summed E-state index contributed by atoms with van der Waals surface area (Å²) in [6.45, 7) is 4.78. The van der Waals surface area contributed by atoms with E-state index in [2.05, 4.69) is 31.9 Å². The summed E-state index contributed by atoms with van der Waals surface area (Å²) >= 11 is 0.848. The predicted octanol–water partition coefficient (Wildman–Crippen LogP) is -0.386. The monoisotopic (exact) mass is 501 g/mol. The van der Waals surface area contributed by atoms with Gasteiger partial charge >= 0.3 is 18.1 Å². The third-order valence-electron chi connectivity index (χ3n) is 4.86. The number of imidazole rings is 1. The second kappa shape index (κ2) is 10.5. The van der Waals surface area contributed by atoms with Gasteiger partial charge in [-0.1, -0.05) is 17.7 Å². The zero-order valence-corrected chi connectivity index (χ0v) is 19.1. The van der Waals surface area contributed by atoms with Gasteiger partial charge in [-0.3, -0.25) is 13.9 Å². The fourth-order valence-corrected chi connectivity index (χ4v) is 4.02. The Labute approximate surface area is 195 Å². The highest BCUT2D eigenvalue weighted by Gasteiger charge is 2.43. The molecule has 11 nitrogen and oxygen atoms in total. The van der Waals surface area contributed by atoms with Crippen LogP contribution in [0.5, 0.6) is 0 Å². The molecule has 0 radical (unpaired) electrons. The van der Waals surface area contributed by atoms with Crippen LogP contribution in [0.4, 0.5) is 19.1 Å². The summed E-state index contributed by atoms with van der Waals surface area (Å²) in [7, 11) is 1.46. The maximum Gasteiger partial charge on any atom is 0.491 e.